The maximum absolute atomic E-state index is 13.0. The van der Waals surface area contributed by atoms with E-state index in [-0.39, 0.29) is 24.3 Å². The first kappa shape index (κ1) is 11.4. The highest BCUT2D eigenvalue weighted by Gasteiger charge is 2.42. The quantitative estimate of drug-likeness (QED) is 0.803. The maximum atomic E-state index is 13.0. The molecule has 1 fully saturated rings. The predicted octanol–water partition coefficient (Wildman–Crippen LogP) is 2.04. The smallest absolute Gasteiger partial charge is 0.262 e. The molecule has 1 saturated heterocycles. The molecule has 16 heavy (non-hydrogen) atoms. The number of halogens is 2. The fourth-order valence-electron chi connectivity index (χ4n) is 1.57. The van der Waals surface area contributed by atoms with Crippen molar-refractivity contribution in [3.63, 3.8) is 0 Å². The van der Waals surface area contributed by atoms with E-state index < -0.39 is 12.0 Å². The molecule has 2 rings (SSSR count). The lowest BCUT2D eigenvalue weighted by molar-refractivity contribution is 0.0200. The van der Waals surface area contributed by atoms with Crippen molar-refractivity contribution in [3.05, 3.63) is 11.7 Å². The minimum atomic E-state index is -2.68. The van der Waals surface area contributed by atoms with Gasteiger partial charge in [-0.05, 0) is 0 Å². The fourth-order valence-corrected chi connectivity index (χ4v) is 1.57. The average molecular weight is 231 g/mol. The van der Waals surface area contributed by atoms with Crippen LogP contribution >= 0.6 is 0 Å². The summed E-state index contributed by atoms with van der Waals surface area (Å²) in [6, 6.07) is -0.529. The first-order valence-electron chi connectivity index (χ1n) is 5.23. The third kappa shape index (κ3) is 2.21. The second-order valence-electron chi connectivity index (χ2n) is 5.20. The monoisotopic (exact) mass is 231 g/mol. The molecule has 1 atom stereocenters. The largest absolute Gasteiger partial charge is 0.338 e. The summed E-state index contributed by atoms with van der Waals surface area (Å²) in [7, 11) is 0. The van der Waals surface area contributed by atoms with Gasteiger partial charge in [-0.3, -0.25) is 5.32 Å². The zero-order valence-corrected chi connectivity index (χ0v) is 9.55. The molecule has 0 spiro atoms. The highest BCUT2D eigenvalue weighted by atomic mass is 19.3. The van der Waals surface area contributed by atoms with Crippen LogP contribution in [0.1, 0.15) is 44.9 Å². The van der Waals surface area contributed by atoms with Gasteiger partial charge in [0.15, 0.2) is 5.82 Å². The third-order valence-electron chi connectivity index (χ3n) is 2.52. The Bertz CT molecular complexity index is 384. The Balaban J connectivity index is 2.15. The van der Waals surface area contributed by atoms with E-state index in [2.05, 4.69) is 15.5 Å². The van der Waals surface area contributed by atoms with Crippen molar-refractivity contribution in [1.29, 1.82) is 0 Å². The molecule has 6 heteroatoms. The summed E-state index contributed by atoms with van der Waals surface area (Å²) in [5.41, 5.74) is -0.233. The normalized spacial score (nSPS) is 24.9. The number of nitrogens with zero attached hydrogens (tertiary/aromatic N) is 2. The van der Waals surface area contributed by atoms with Gasteiger partial charge in [-0.1, -0.05) is 25.9 Å². The minimum Gasteiger partial charge on any atom is -0.338 e. The van der Waals surface area contributed by atoms with Gasteiger partial charge < -0.3 is 4.52 Å². The van der Waals surface area contributed by atoms with Crippen molar-refractivity contribution in [2.45, 2.75) is 44.6 Å². The molecule has 0 aliphatic carbocycles. The molecule has 2 heterocycles. The number of rotatable bonds is 1. The lowest BCUT2D eigenvalue weighted by atomic mass is 9.96. The summed E-state index contributed by atoms with van der Waals surface area (Å²) in [4.78, 5) is 4.16. The standard InChI is InChI=1S/C10H15F2N3O/c1-9(2,3)8-14-7(16-15-8)6-4-10(11,12)5-13-6/h6,13H,4-5H2,1-3H3/t6-/m0/s1. The molecule has 0 radical (unpaired) electrons. The molecule has 1 aliphatic heterocycles. The second kappa shape index (κ2) is 3.48. The van der Waals surface area contributed by atoms with Crippen LogP contribution in [0.5, 0.6) is 0 Å². The van der Waals surface area contributed by atoms with Crippen molar-refractivity contribution in [3.8, 4) is 0 Å². The van der Waals surface area contributed by atoms with Crippen molar-refractivity contribution in [2.24, 2.45) is 0 Å². The fraction of sp³-hybridized carbons (Fsp3) is 0.800. The van der Waals surface area contributed by atoms with E-state index in [1.807, 2.05) is 20.8 Å². The molecule has 0 bridgehead atoms. The lowest BCUT2D eigenvalue weighted by Gasteiger charge is -2.11. The van der Waals surface area contributed by atoms with Gasteiger partial charge in [-0.15, -0.1) is 0 Å². The van der Waals surface area contributed by atoms with E-state index in [0.717, 1.165) is 0 Å². The van der Waals surface area contributed by atoms with Crippen molar-refractivity contribution in [1.82, 2.24) is 15.5 Å². The Hall–Kier alpha value is -1.04. The van der Waals surface area contributed by atoms with Crippen molar-refractivity contribution in [2.75, 3.05) is 6.54 Å². The Morgan fingerprint density at radius 3 is 2.56 bits per heavy atom. The molecule has 0 aromatic carbocycles. The molecule has 0 unspecified atom stereocenters. The number of nitrogens with one attached hydrogen (secondary N) is 1. The Labute approximate surface area is 92.4 Å². The van der Waals surface area contributed by atoms with Crippen LogP contribution in [0.3, 0.4) is 0 Å². The molecule has 90 valence electrons. The van der Waals surface area contributed by atoms with Crippen LogP contribution in [-0.2, 0) is 5.41 Å². The van der Waals surface area contributed by atoms with E-state index >= 15 is 0 Å². The van der Waals surface area contributed by atoms with Gasteiger partial charge in [0.2, 0.25) is 5.89 Å². The second-order valence-corrected chi connectivity index (χ2v) is 5.20. The summed E-state index contributed by atoms with van der Waals surface area (Å²) in [5, 5.41) is 6.49. The first-order valence-corrected chi connectivity index (χ1v) is 5.23. The highest BCUT2D eigenvalue weighted by molar-refractivity contribution is 5.04. The Kier molecular flexibility index (Phi) is 2.49. The lowest BCUT2D eigenvalue weighted by Crippen LogP contribution is -2.19. The van der Waals surface area contributed by atoms with Gasteiger partial charge in [0.25, 0.3) is 5.92 Å². The molecule has 0 amide bonds. The summed E-state index contributed by atoms with van der Waals surface area (Å²) < 4.78 is 30.9. The minimum absolute atomic E-state index is 0.233. The molecular weight excluding hydrogens is 216 g/mol. The van der Waals surface area contributed by atoms with Crippen LogP contribution in [0.15, 0.2) is 4.52 Å². The summed E-state index contributed by atoms with van der Waals surface area (Å²) in [6.45, 7) is 5.50. The van der Waals surface area contributed by atoms with Gasteiger partial charge in [0.1, 0.15) is 0 Å². The first-order chi connectivity index (χ1) is 7.28. The Morgan fingerprint density at radius 1 is 1.44 bits per heavy atom. The van der Waals surface area contributed by atoms with Crippen molar-refractivity contribution >= 4 is 0 Å². The van der Waals surface area contributed by atoms with E-state index in [4.69, 9.17) is 4.52 Å². The molecule has 0 saturated carbocycles. The zero-order valence-electron chi connectivity index (χ0n) is 9.55. The average Bonchev–Trinajstić information content (AvgIpc) is 2.68. The molecule has 1 aromatic rings. The topological polar surface area (TPSA) is 51.0 Å². The van der Waals surface area contributed by atoms with E-state index in [1.54, 1.807) is 0 Å². The summed E-state index contributed by atoms with van der Waals surface area (Å²) >= 11 is 0. The van der Waals surface area contributed by atoms with Crippen LogP contribution in [0, 0.1) is 0 Å². The summed E-state index contributed by atoms with van der Waals surface area (Å²) in [5.74, 6) is -1.89. The van der Waals surface area contributed by atoms with Crippen LogP contribution in [0.25, 0.3) is 0 Å². The highest BCUT2D eigenvalue weighted by Crippen LogP contribution is 2.33. The van der Waals surface area contributed by atoms with Gasteiger partial charge in [0, 0.05) is 11.8 Å². The number of aromatic nitrogens is 2. The van der Waals surface area contributed by atoms with Gasteiger partial charge >= 0.3 is 0 Å². The van der Waals surface area contributed by atoms with Gasteiger partial charge in [0.05, 0.1) is 12.6 Å². The molecular formula is C10H15F2N3O. The molecule has 1 aromatic heterocycles. The van der Waals surface area contributed by atoms with E-state index in [0.29, 0.717) is 5.82 Å². The molecule has 1 N–H and O–H groups in total. The SMILES string of the molecule is CC(C)(C)c1noc([C@@H]2CC(F)(F)CN2)n1. The van der Waals surface area contributed by atoms with Crippen LogP contribution < -0.4 is 5.32 Å². The van der Waals surface area contributed by atoms with Crippen LogP contribution in [0.2, 0.25) is 0 Å². The van der Waals surface area contributed by atoms with Crippen molar-refractivity contribution < 1.29 is 13.3 Å². The van der Waals surface area contributed by atoms with Crippen LogP contribution in [0.4, 0.5) is 8.78 Å². The zero-order chi connectivity index (χ0) is 12.0. The molecule has 4 nitrogen and oxygen atoms in total. The van der Waals surface area contributed by atoms with Gasteiger partial charge in [-0.2, -0.15) is 4.98 Å². The number of hydrogen-bond donors (Lipinski definition) is 1. The third-order valence-corrected chi connectivity index (χ3v) is 2.52. The van der Waals surface area contributed by atoms with E-state index in [9.17, 15) is 8.78 Å². The van der Waals surface area contributed by atoms with Crippen LogP contribution in [-0.4, -0.2) is 22.6 Å². The number of alkyl halides is 2. The summed E-state index contributed by atoms with van der Waals surface area (Å²) in [6.07, 6.45) is -0.279. The number of hydrogen-bond acceptors (Lipinski definition) is 4. The van der Waals surface area contributed by atoms with E-state index in [1.165, 1.54) is 0 Å². The maximum Gasteiger partial charge on any atom is 0.262 e. The predicted molar refractivity (Wildman–Crippen MR) is 53.3 cm³/mol. The Morgan fingerprint density at radius 2 is 2.12 bits per heavy atom. The molecule has 1 aliphatic rings. The van der Waals surface area contributed by atoms with Gasteiger partial charge in [-0.25, -0.2) is 8.78 Å².